The normalized spacial score (nSPS) is 30.3. The van der Waals surface area contributed by atoms with Gasteiger partial charge in [-0.2, -0.15) is 0 Å². The molecule has 2 rings (SSSR count). The van der Waals surface area contributed by atoms with Crippen LogP contribution in [0.15, 0.2) is 0 Å². The number of nitrogens with zero attached hydrogens (tertiary/aromatic N) is 1. The van der Waals surface area contributed by atoms with Crippen molar-refractivity contribution < 1.29 is 14.3 Å². The van der Waals surface area contributed by atoms with Crippen molar-refractivity contribution in [2.45, 2.75) is 39.0 Å². The summed E-state index contributed by atoms with van der Waals surface area (Å²) in [5.74, 6) is 0.288. The molecule has 2 aliphatic rings. The first-order chi connectivity index (χ1) is 9.67. The number of hydrogen-bond acceptors (Lipinski definition) is 4. The third-order valence-corrected chi connectivity index (χ3v) is 4.63. The lowest BCUT2D eigenvalue weighted by Crippen LogP contribution is -2.46. The minimum atomic E-state index is -0.160. The highest BCUT2D eigenvalue weighted by Crippen LogP contribution is 2.33. The predicted molar refractivity (Wildman–Crippen MR) is 75.8 cm³/mol. The first-order valence-corrected chi connectivity index (χ1v) is 7.82. The molecule has 3 atom stereocenters. The SMILES string of the molecule is CCOC(=O)C1CCCN(C(=O)C2CCCC2CN)C1. The van der Waals surface area contributed by atoms with Crippen LogP contribution in [0.1, 0.15) is 39.0 Å². The van der Waals surface area contributed by atoms with Crippen molar-refractivity contribution >= 4 is 11.9 Å². The summed E-state index contributed by atoms with van der Waals surface area (Å²) < 4.78 is 5.08. The fourth-order valence-electron chi connectivity index (χ4n) is 3.51. The maximum atomic E-state index is 12.6. The lowest BCUT2D eigenvalue weighted by Gasteiger charge is -2.34. The Morgan fingerprint density at radius 3 is 2.75 bits per heavy atom. The van der Waals surface area contributed by atoms with Crippen LogP contribution in [-0.4, -0.2) is 43.0 Å². The molecule has 3 unspecified atom stereocenters. The Morgan fingerprint density at radius 2 is 2.05 bits per heavy atom. The van der Waals surface area contributed by atoms with Crippen molar-refractivity contribution in [3.63, 3.8) is 0 Å². The average Bonchev–Trinajstić information content (AvgIpc) is 2.95. The van der Waals surface area contributed by atoms with Gasteiger partial charge in [0.2, 0.25) is 5.91 Å². The third kappa shape index (κ3) is 3.32. The topological polar surface area (TPSA) is 72.6 Å². The highest BCUT2D eigenvalue weighted by molar-refractivity contribution is 5.81. The van der Waals surface area contributed by atoms with Crippen LogP contribution < -0.4 is 5.73 Å². The molecule has 1 aliphatic carbocycles. The van der Waals surface area contributed by atoms with Gasteiger partial charge in [-0.25, -0.2) is 0 Å². The molecule has 5 heteroatoms. The molecule has 2 N–H and O–H groups in total. The minimum Gasteiger partial charge on any atom is -0.466 e. The Hall–Kier alpha value is -1.10. The van der Waals surface area contributed by atoms with Gasteiger partial charge in [0, 0.05) is 19.0 Å². The molecular weight excluding hydrogens is 256 g/mol. The van der Waals surface area contributed by atoms with Crippen LogP contribution in [0, 0.1) is 17.8 Å². The van der Waals surface area contributed by atoms with Gasteiger partial charge in [0.25, 0.3) is 0 Å². The van der Waals surface area contributed by atoms with Crippen molar-refractivity contribution in [1.29, 1.82) is 0 Å². The van der Waals surface area contributed by atoms with E-state index in [-0.39, 0.29) is 23.7 Å². The van der Waals surface area contributed by atoms with E-state index in [1.807, 2.05) is 11.8 Å². The molecule has 1 heterocycles. The predicted octanol–water partition coefficient (Wildman–Crippen LogP) is 1.16. The summed E-state index contributed by atoms with van der Waals surface area (Å²) in [6.07, 6.45) is 4.81. The fourth-order valence-corrected chi connectivity index (χ4v) is 3.51. The van der Waals surface area contributed by atoms with E-state index < -0.39 is 0 Å². The van der Waals surface area contributed by atoms with Gasteiger partial charge in [0.05, 0.1) is 12.5 Å². The first kappa shape index (κ1) is 15.3. The Kier molecular flexibility index (Phi) is 5.40. The molecule has 0 radical (unpaired) electrons. The minimum absolute atomic E-state index is 0.0703. The highest BCUT2D eigenvalue weighted by atomic mass is 16.5. The molecule has 1 saturated heterocycles. The van der Waals surface area contributed by atoms with Crippen LogP contribution in [0.3, 0.4) is 0 Å². The molecule has 1 amide bonds. The summed E-state index contributed by atoms with van der Waals surface area (Å²) in [4.78, 5) is 26.3. The van der Waals surface area contributed by atoms with Gasteiger partial charge in [-0.05, 0) is 45.1 Å². The van der Waals surface area contributed by atoms with Crippen LogP contribution in [0.4, 0.5) is 0 Å². The Bertz CT molecular complexity index is 359. The second kappa shape index (κ2) is 7.07. The molecule has 2 fully saturated rings. The van der Waals surface area contributed by atoms with Gasteiger partial charge in [-0.15, -0.1) is 0 Å². The van der Waals surface area contributed by atoms with Crippen molar-refractivity contribution in [3.05, 3.63) is 0 Å². The van der Waals surface area contributed by atoms with E-state index in [1.54, 1.807) is 0 Å². The molecule has 0 aromatic heterocycles. The van der Waals surface area contributed by atoms with E-state index >= 15 is 0 Å². The molecule has 0 bridgehead atoms. The number of carbonyl (C=O) groups excluding carboxylic acids is 2. The number of piperidine rings is 1. The lowest BCUT2D eigenvalue weighted by molar-refractivity contribution is -0.152. The lowest BCUT2D eigenvalue weighted by atomic mass is 9.92. The number of ether oxygens (including phenoxy) is 1. The number of amides is 1. The van der Waals surface area contributed by atoms with Crippen molar-refractivity contribution in [2.75, 3.05) is 26.2 Å². The Balaban J connectivity index is 1.94. The zero-order chi connectivity index (χ0) is 14.5. The van der Waals surface area contributed by atoms with Crippen LogP contribution in [0.5, 0.6) is 0 Å². The quantitative estimate of drug-likeness (QED) is 0.785. The molecule has 0 spiro atoms. The summed E-state index contributed by atoms with van der Waals surface area (Å²) in [5, 5.41) is 0. The second-order valence-electron chi connectivity index (χ2n) is 5.91. The number of hydrogen-bond donors (Lipinski definition) is 1. The maximum Gasteiger partial charge on any atom is 0.310 e. The molecule has 5 nitrogen and oxygen atoms in total. The number of carbonyl (C=O) groups is 2. The fraction of sp³-hybridized carbons (Fsp3) is 0.867. The molecule has 0 aromatic carbocycles. The molecule has 114 valence electrons. The molecule has 20 heavy (non-hydrogen) atoms. The highest BCUT2D eigenvalue weighted by Gasteiger charge is 2.37. The van der Waals surface area contributed by atoms with Crippen LogP contribution in [-0.2, 0) is 14.3 Å². The Labute approximate surface area is 120 Å². The smallest absolute Gasteiger partial charge is 0.310 e. The van der Waals surface area contributed by atoms with E-state index in [1.165, 1.54) is 0 Å². The first-order valence-electron chi connectivity index (χ1n) is 7.82. The molecular formula is C15H26N2O3. The van der Waals surface area contributed by atoms with E-state index in [0.717, 1.165) is 38.6 Å². The monoisotopic (exact) mass is 282 g/mol. The van der Waals surface area contributed by atoms with Crippen molar-refractivity contribution in [3.8, 4) is 0 Å². The van der Waals surface area contributed by atoms with Gasteiger partial charge >= 0.3 is 5.97 Å². The summed E-state index contributed by atoms with van der Waals surface area (Å²) in [7, 11) is 0. The van der Waals surface area contributed by atoms with Gasteiger partial charge < -0.3 is 15.4 Å². The van der Waals surface area contributed by atoms with Crippen LogP contribution in [0.2, 0.25) is 0 Å². The third-order valence-electron chi connectivity index (χ3n) is 4.63. The van der Waals surface area contributed by atoms with E-state index in [0.29, 0.717) is 25.6 Å². The molecule has 0 aromatic rings. The number of nitrogens with two attached hydrogens (primary N) is 1. The molecule has 1 aliphatic heterocycles. The zero-order valence-electron chi connectivity index (χ0n) is 12.3. The standard InChI is InChI=1S/C15H26N2O3/c1-2-20-15(19)12-6-4-8-17(10-12)14(18)13-7-3-5-11(13)9-16/h11-13H,2-10,16H2,1H3. The molecule has 1 saturated carbocycles. The summed E-state index contributed by atoms with van der Waals surface area (Å²) in [6.45, 7) is 4.09. The maximum absolute atomic E-state index is 12.6. The number of esters is 1. The van der Waals surface area contributed by atoms with Crippen LogP contribution in [0.25, 0.3) is 0 Å². The van der Waals surface area contributed by atoms with Gasteiger partial charge in [0.15, 0.2) is 0 Å². The van der Waals surface area contributed by atoms with Crippen molar-refractivity contribution in [1.82, 2.24) is 4.90 Å². The number of likely N-dealkylation sites (tertiary alicyclic amines) is 1. The summed E-state index contributed by atoms with van der Waals surface area (Å²) in [6, 6.07) is 0. The van der Waals surface area contributed by atoms with E-state index in [9.17, 15) is 9.59 Å². The summed E-state index contributed by atoms with van der Waals surface area (Å²) >= 11 is 0. The van der Waals surface area contributed by atoms with Gasteiger partial charge in [-0.1, -0.05) is 6.42 Å². The second-order valence-corrected chi connectivity index (χ2v) is 5.91. The van der Waals surface area contributed by atoms with Crippen molar-refractivity contribution in [2.24, 2.45) is 23.5 Å². The van der Waals surface area contributed by atoms with Gasteiger partial charge in [0.1, 0.15) is 0 Å². The summed E-state index contributed by atoms with van der Waals surface area (Å²) in [5.41, 5.74) is 5.76. The Morgan fingerprint density at radius 1 is 1.25 bits per heavy atom. The zero-order valence-corrected chi connectivity index (χ0v) is 12.3. The van der Waals surface area contributed by atoms with E-state index in [4.69, 9.17) is 10.5 Å². The largest absolute Gasteiger partial charge is 0.466 e. The van der Waals surface area contributed by atoms with Crippen LogP contribution >= 0.6 is 0 Å². The number of rotatable bonds is 4. The van der Waals surface area contributed by atoms with E-state index in [2.05, 4.69) is 0 Å². The van der Waals surface area contributed by atoms with Gasteiger partial charge in [-0.3, -0.25) is 9.59 Å². The average molecular weight is 282 g/mol.